The number of rotatable bonds is 4. The first-order chi connectivity index (χ1) is 9.29. The van der Waals surface area contributed by atoms with Crippen molar-refractivity contribution in [2.45, 2.75) is 59.0 Å². The van der Waals surface area contributed by atoms with Crippen LogP contribution in [0.1, 0.15) is 51.6 Å². The molecule has 0 amide bonds. The molecule has 1 heterocycles. The van der Waals surface area contributed by atoms with E-state index in [-0.39, 0.29) is 5.54 Å². The fraction of sp³-hybridized carbons (Fsp3) is 0.765. The maximum absolute atomic E-state index is 6.20. The number of likely N-dealkylation sites (N-methyl/N-ethyl adjacent to an activating group) is 1. The van der Waals surface area contributed by atoms with E-state index in [0.717, 1.165) is 24.6 Å². The van der Waals surface area contributed by atoms with Crippen LogP contribution in [0.15, 0.2) is 16.5 Å². The highest BCUT2D eigenvalue weighted by Gasteiger charge is 2.45. The average molecular weight is 278 g/mol. The van der Waals surface area contributed by atoms with Gasteiger partial charge in [0.1, 0.15) is 11.5 Å². The molecule has 20 heavy (non-hydrogen) atoms. The third-order valence-electron chi connectivity index (χ3n) is 5.31. The normalized spacial score (nSPS) is 29.9. The van der Waals surface area contributed by atoms with Crippen molar-refractivity contribution in [3.8, 4) is 0 Å². The highest BCUT2D eigenvalue weighted by Crippen LogP contribution is 2.46. The third kappa shape index (κ3) is 2.94. The second-order valence-electron chi connectivity index (χ2n) is 7.45. The van der Waals surface area contributed by atoms with Gasteiger partial charge in [-0.15, -0.1) is 0 Å². The molecular weight excluding hydrogens is 248 g/mol. The van der Waals surface area contributed by atoms with Crippen LogP contribution in [0.2, 0.25) is 0 Å². The van der Waals surface area contributed by atoms with Gasteiger partial charge in [-0.2, -0.15) is 0 Å². The number of furan rings is 1. The Morgan fingerprint density at radius 2 is 2.05 bits per heavy atom. The van der Waals surface area contributed by atoms with Crippen molar-refractivity contribution < 1.29 is 4.42 Å². The summed E-state index contributed by atoms with van der Waals surface area (Å²) < 4.78 is 5.73. The molecule has 0 saturated heterocycles. The van der Waals surface area contributed by atoms with Gasteiger partial charge in [-0.05, 0) is 56.7 Å². The van der Waals surface area contributed by atoms with E-state index < -0.39 is 0 Å². The van der Waals surface area contributed by atoms with E-state index in [9.17, 15) is 0 Å². The van der Waals surface area contributed by atoms with Gasteiger partial charge in [0.15, 0.2) is 0 Å². The van der Waals surface area contributed by atoms with E-state index >= 15 is 0 Å². The summed E-state index contributed by atoms with van der Waals surface area (Å²) in [6, 6.07) is 4.11. The average Bonchev–Trinajstić information content (AvgIpc) is 2.74. The van der Waals surface area contributed by atoms with Gasteiger partial charge in [-0.1, -0.05) is 20.8 Å². The molecule has 0 radical (unpaired) electrons. The SMILES string of the molecule is Cc1ccc(CN(C)C2(CN)CCC(C)(C)CC2C)o1. The first kappa shape index (κ1) is 15.6. The molecule has 0 aliphatic heterocycles. The first-order valence-electron chi connectivity index (χ1n) is 7.76. The zero-order valence-corrected chi connectivity index (χ0v) is 13.7. The molecule has 0 bridgehead atoms. The summed E-state index contributed by atoms with van der Waals surface area (Å²) >= 11 is 0. The maximum atomic E-state index is 6.20. The van der Waals surface area contributed by atoms with E-state index in [0.29, 0.717) is 11.3 Å². The van der Waals surface area contributed by atoms with Gasteiger partial charge in [0, 0.05) is 12.1 Å². The van der Waals surface area contributed by atoms with Crippen molar-refractivity contribution in [3.05, 3.63) is 23.7 Å². The van der Waals surface area contributed by atoms with Gasteiger partial charge in [0.05, 0.1) is 6.54 Å². The van der Waals surface area contributed by atoms with Gasteiger partial charge in [-0.25, -0.2) is 0 Å². The van der Waals surface area contributed by atoms with Crippen molar-refractivity contribution >= 4 is 0 Å². The molecule has 2 rings (SSSR count). The molecule has 3 heteroatoms. The van der Waals surface area contributed by atoms with Gasteiger partial charge in [0.25, 0.3) is 0 Å². The molecule has 0 aromatic carbocycles. The second-order valence-corrected chi connectivity index (χ2v) is 7.45. The Morgan fingerprint density at radius 1 is 1.35 bits per heavy atom. The lowest BCUT2D eigenvalue weighted by atomic mass is 9.63. The van der Waals surface area contributed by atoms with Crippen LogP contribution in [-0.2, 0) is 6.54 Å². The Kier molecular flexibility index (Phi) is 4.31. The Bertz CT molecular complexity index is 452. The van der Waals surface area contributed by atoms with Crippen LogP contribution in [0.5, 0.6) is 0 Å². The summed E-state index contributed by atoms with van der Waals surface area (Å²) in [5, 5.41) is 0. The Balaban J connectivity index is 2.14. The van der Waals surface area contributed by atoms with Crippen LogP contribution >= 0.6 is 0 Å². The first-order valence-corrected chi connectivity index (χ1v) is 7.76. The van der Waals surface area contributed by atoms with Crippen LogP contribution in [0.25, 0.3) is 0 Å². The fourth-order valence-corrected chi connectivity index (χ4v) is 3.91. The van der Waals surface area contributed by atoms with E-state index in [1.165, 1.54) is 19.3 Å². The predicted molar refractivity (Wildman–Crippen MR) is 83.5 cm³/mol. The second kappa shape index (κ2) is 5.53. The highest BCUT2D eigenvalue weighted by molar-refractivity contribution is 5.08. The molecule has 2 unspecified atom stereocenters. The molecule has 114 valence electrons. The molecule has 2 atom stereocenters. The maximum Gasteiger partial charge on any atom is 0.118 e. The van der Waals surface area contributed by atoms with E-state index in [2.05, 4.69) is 38.8 Å². The van der Waals surface area contributed by atoms with Crippen molar-refractivity contribution in [2.75, 3.05) is 13.6 Å². The zero-order chi connectivity index (χ0) is 15.0. The van der Waals surface area contributed by atoms with Gasteiger partial charge >= 0.3 is 0 Å². The molecule has 1 aromatic heterocycles. The van der Waals surface area contributed by atoms with Crippen LogP contribution in [0.4, 0.5) is 0 Å². The molecule has 1 aromatic rings. The lowest BCUT2D eigenvalue weighted by Crippen LogP contribution is -2.59. The van der Waals surface area contributed by atoms with Crippen molar-refractivity contribution in [2.24, 2.45) is 17.1 Å². The topological polar surface area (TPSA) is 42.4 Å². The zero-order valence-electron chi connectivity index (χ0n) is 13.7. The number of hydrogen-bond acceptors (Lipinski definition) is 3. The summed E-state index contributed by atoms with van der Waals surface area (Å²) in [5.74, 6) is 2.63. The fourth-order valence-electron chi connectivity index (χ4n) is 3.91. The minimum Gasteiger partial charge on any atom is -0.465 e. The predicted octanol–water partition coefficient (Wildman–Crippen LogP) is 3.56. The van der Waals surface area contributed by atoms with Gasteiger partial charge in [0.2, 0.25) is 0 Å². The van der Waals surface area contributed by atoms with Crippen LogP contribution in [0, 0.1) is 18.3 Å². The van der Waals surface area contributed by atoms with Crippen molar-refractivity contribution in [3.63, 3.8) is 0 Å². The highest BCUT2D eigenvalue weighted by atomic mass is 16.3. The molecule has 1 saturated carbocycles. The number of nitrogens with zero attached hydrogens (tertiary/aromatic N) is 1. The summed E-state index contributed by atoms with van der Waals surface area (Å²) in [6.45, 7) is 10.7. The van der Waals surface area contributed by atoms with Crippen molar-refractivity contribution in [1.29, 1.82) is 0 Å². The molecule has 3 nitrogen and oxygen atoms in total. The van der Waals surface area contributed by atoms with Crippen LogP contribution < -0.4 is 5.73 Å². The molecule has 1 fully saturated rings. The summed E-state index contributed by atoms with van der Waals surface area (Å²) in [6.07, 6.45) is 3.66. The standard InChI is InChI=1S/C17H30N2O/c1-13-10-16(3,4)8-9-17(13,12-18)19(5)11-15-7-6-14(2)20-15/h6-7,13H,8-12,18H2,1-5H3. The number of hydrogen-bond donors (Lipinski definition) is 1. The Morgan fingerprint density at radius 3 is 2.55 bits per heavy atom. The minimum atomic E-state index is 0.107. The Hall–Kier alpha value is -0.800. The van der Waals surface area contributed by atoms with E-state index in [1.807, 2.05) is 13.0 Å². The van der Waals surface area contributed by atoms with Gasteiger partial charge in [-0.3, -0.25) is 4.90 Å². The molecule has 1 aliphatic carbocycles. The van der Waals surface area contributed by atoms with Crippen LogP contribution in [-0.4, -0.2) is 24.0 Å². The Labute approximate surface area is 123 Å². The largest absolute Gasteiger partial charge is 0.465 e. The quantitative estimate of drug-likeness (QED) is 0.915. The van der Waals surface area contributed by atoms with Crippen molar-refractivity contribution in [1.82, 2.24) is 4.90 Å². The monoisotopic (exact) mass is 278 g/mol. The number of nitrogens with two attached hydrogens (primary N) is 1. The molecule has 1 aliphatic rings. The minimum absolute atomic E-state index is 0.107. The summed E-state index contributed by atoms with van der Waals surface area (Å²) in [7, 11) is 2.19. The third-order valence-corrected chi connectivity index (χ3v) is 5.31. The molecular formula is C17H30N2O. The van der Waals surface area contributed by atoms with Gasteiger partial charge < -0.3 is 10.2 Å². The summed E-state index contributed by atoms with van der Waals surface area (Å²) in [5.41, 5.74) is 6.76. The van der Waals surface area contributed by atoms with Crippen LogP contribution in [0.3, 0.4) is 0 Å². The van der Waals surface area contributed by atoms with E-state index in [1.54, 1.807) is 0 Å². The number of aryl methyl sites for hydroxylation is 1. The van der Waals surface area contributed by atoms with E-state index in [4.69, 9.17) is 10.2 Å². The summed E-state index contributed by atoms with van der Waals surface area (Å²) in [4.78, 5) is 2.42. The molecule has 2 N–H and O–H groups in total. The molecule has 0 spiro atoms. The smallest absolute Gasteiger partial charge is 0.118 e. The lowest BCUT2D eigenvalue weighted by Gasteiger charge is -2.52. The lowest BCUT2D eigenvalue weighted by molar-refractivity contribution is -0.0146.